The minimum Gasteiger partial charge on any atom is -0.481 e. The molecule has 2 aliphatic carbocycles. The highest BCUT2D eigenvalue weighted by Crippen LogP contribution is 2.50. The van der Waals surface area contributed by atoms with Gasteiger partial charge >= 0.3 is 5.97 Å². The quantitative estimate of drug-likeness (QED) is 0.322. The van der Waals surface area contributed by atoms with Crippen molar-refractivity contribution in [2.75, 3.05) is 0 Å². The fraction of sp³-hybridized carbons (Fsp3) is 0.680. The van der Waals surface area contributed by atoms with E-state index < -0.39 is 5.97 Å². The van der Waals surface area contributed by atoms with Crippen LogP contribution in [0.2, 0.25) is 0 Å². The van der Waals surface area contributed by atoms with E-state index in [0.29, 0.717) is 6.47 Å². The summed E-state index contributed by atoms with van der Waals surface area (Å²) in [6.45, 7) is 5.02. The SMILES string of the molecule is Cc1cc(CCCCC2(OC=O)CC2)cc(CCCCCC2(C(=O)O)CC2)c1C. The molecule has 0 bridgehead atoms. The zero-order valence-corrected chi connectivity index (χ0v) is 18.1. The van der Waals surface area contributed by atoms with E-state index in [1.165, 1.54) is 22.3 Å². The number of carbonyl (C=O) groups excluding carboxylic acids is 1. The van der Waals surface area contributed by atoms with Crippen molar-refractivity contribution in [1.82, 2.24) is 0 Å². The molecule has 2 saturated carbocycles. The fourth-order valence-corrected chi connectivity index (χ4v) is 4.54. The predicted octanol–water partition coefficient (Wildman–Crippen LogP) is 5.69. The fourth-order valence-electron chi connectivity index (χ4n) is 4.54. The van der Waals surface area contributed by atoms with Crippen molar-refractivity contribution in [2.45, 2.75) is 103 Å². The minimum absolute atomic E-state index is 0.129. The molecule has 2 fully saturated rings. The van der Waals surface area contributed by atoms with Gasteiger partial charge in [0.25, 0.3) is 6.47 Å². The molecular weight excluding hydrogens is 364 g/mol. The highest BCUT2D eigenvalue weighted by atomic mass is 16.5. The van der Waals surface area contributed by atoms with Gasteiger partial charge in [-0.2, -0.15) is 0 Å². The zero-order valence-electron chi connectivity index (χ0n) is 18.1. The van der Waals surface area contributed by atoms with Gasteiger partial charge in [0.05, 0.1) is 5.41 Å². The summed E-state index contributed by atoms with van der Waals surface area (Å²) in [5.74, 6) is -0.595. The molecule has 4 heteroatoms. The van der Waals surface area contributed by atoms with Crippen molar-refractivity contribution in [3.05, 3.63) is 34.4 Å². The third-order valence-electron chi connectivity index (χ3n) is 7.20. The molecule has 1 aromatic carbocycles. The van der Waals surface area contributed by atoms with Gasteiger partial charge < -0.3 is 9.84 Å². The van der Waals surface area contributed by atoms with Crippen LogP contribution < -0.4 is 0 Å². The van der Waals surface area contributed by atoms with Gasteiger partial charge in [-0.1, -0.05) is 25.0 Å². The average molecular weight is 401 g/mol. The Kier molecular flexibility index (Phi) is 7.02. The molecule has 0 atom stereocenters. The normalized spacial score (nSPS) is 18.3. The van der Waals surface area contributed by atoms with Crippen molar-refractivity contribution in [2.24, 2.45) is 5.41 Å². The van der Waals surface area contributed by atoms with Gasteiger partial charge in [-0.05, 0) is 107 Å². The number of carboxylic acids is 1. The number of rotatable bonds is 14. The molecule has 0 saturated heterocycles. The van der Waals surface area contributed by atoms with E-state index in [2.05, 4.69) is 26.0 Å². The van der Waals surface area contributed by atoms with Crippen molar-refractivity contribution in [1.29, 1.82) is 0 Å². The van der Waals surface area contributed by atoms with Crippen LogP contribution in [0.25, 0.3) is 0 Å². The van der Waals surface area contributed by atoms with Crippen LogP contribution in [0, 0.1) is 19.3 Å². The van der Waals surface area contributed by atoms with Crippen LogP contribution in [0.1, 0.15) is 92.9 Å². The number of benzene rings is 1. The summed E-state index contributed by atoms with van der Waals surface area (Å²) in [5.41, 5.74) is 5.12. The Morgan fingerprint density at radius 2 is 1.69 bits per heavy atom. The van der Waals surface area contributed by atoms with Crippen molar-refractivity contribution < 1.29 is 19.4 Å². The van der Waals surface area contributed by atoms with Crippen molar-refractivity contribution >= 4 is 12.4 Å². The lowest BCUT2D eigenvalue weighted by Gasteiger charge is -2.14. The van der Waals surface area contributed by atoms with Gasteiger partial charge in [0.1, 0.15) is 5.60 Å². The van der Waals surface area contributed by atoms with Gasteiger partial charge in [-0.25, -0.2) is 0 Å². The summed E-state index contributed by atoms with van der Waals surface area (Å²) < 4.78 is 5.24. The molecule has 0 radical (unpaired) electrons. The predicted molar refractivity (Wildman–Crippen MR) is 114 cm³/mol. The lowest BCUT2D eigenvalue weighted by atomic mass is 9.92. The van der Waals surface area contributed by atoms with E-state index in [-0.39, 0.29) is 11.0 Å². The molecule has 3 rings (SSSR count). The maximum Gasteiger partial charge on any atom is 0.309 e. The monoisotopic (exact) mass is 400 g/mol. The van der Waals surface area contributed by atoms with Crippen molar-refractivity contribution in [3.8, 4) is 0 Å². The van der Waals surface area contributed by atoms with Crippen LogP contribution in [0.15, 0.2) is 12.1 Å². The Balaban J connectivity index is 1.41. The van der Waals surface area contributed by atoms with E-state index in [1.807, 2.05) is 0 Å². The third-order valence-corrected chi connectivity index (χ3v) is 7.20. The summed E-state index contributed by atoms with van der Waals surface area (Å²) >= 11 is 0. The third kappa shape index (κ3) is 5.83. The van der Waals surface area contributed by atoms with E-state index in [9.17, 15) is 14.7 Å². The molecule has 0 spiro atoms. The first kappa shape index (κ1) is 21.9. The summed E-state index contributed by atoms with van der Waals surface area (Å²) in [6.07, 6.45) is 13.2. The topological polar surface area (TPSA) is 63.6 Å². The Morgan fingerprint density at radius 3 is 2.31 bits per heavy atom. The zero-order chi connectivity index (χ0) is 20.9. The maximum atomic E-state index is 11.3. The first-order chi connectivity index (χ1) is 13.9. The average Bonchev–Trinajstić information content (AvgIpc) is 3.60. The van der Waals surface area contributed by atoms with Gasteiger partial charge in [-0.15, -0.1) is 0 Å². The number of aryl methyl sites for hydroxylation is 3. The smallest absolute Gasteiger partial charge is 0.309 e. The van der Waals surface area contributed by atoms with Gasteiger partial charge in [0.15, 0.2) is 0 Å². The molecule has 160 valence electrons. The van der Waals surface area contributed by atoms with E-state index in [4.69, 9.17) is 4.74 Å². The Hall–Kier alpha value is -1.84. The number of hydrogen-bond acceptors (Lipinski definition) is 3. The molecule has 0 amide bonds. The summed E-state index contributed by atoms with van der Waals surface area (Å²) in [7, 11) is 0. The molecule has 29 heavy (non-hydrogen) atoms. The maximum absolute atomic E-state index is 11.3. The van der Waals surface area contributed by atoms with Gasteiger partial charge in [0.2, 0.25) is 0 Å². The first-order valence-corrected chi connectivity index (χ1v) is 11.3. The first-order valence-electron chi connectivity index (χ1n) is 11.3. The molecule has 0 aliphatic heterocycles. The number of hydrogen-bond donors (Lipinski definition) is 1. The van der Waals surface area contributed by atoms with Gasteiger partial charge in [0, 0.05) is 0 Å². The lowest BCUT2D eigenvalue weighted by Crippen LogP contribution is -2.14. The molecule has 0 aromatic heterocycles. The molecule has 4 nitrogen and oxygen atoms in total. The van der Waals surface area contributed by atoms with Crippen LogP contribution in [-0.2, 0) is 27.2 Å². The number of carbonyl (C=O) groups is 2. The summed E-state index contributed by atoms with van der Waals surface area (Å²) in [5, 5.41) is 9.28. The van der Waals surface area contributed by atoms with Crippen LogP contribution in [0.5, 0.6) is 0 Å². The highest BCUT2D eigenvalue weighted by molar-refractivity contribution is 5.77. The standard InChI is InChI=1S/C25H36O4/c1-19-16-21(8-5-7-11-25(14-15-25)29-18-26)17-22(20(19)2)9-4-3-6-10-24(12-13-24)23(27)28/h16-18H,3-15H2,1-2H3,(H,27,28). The van der Waals surface area contributed by atoms with E-state index >= 15 is 0 Å². The van der Waals surface area contributed by atoms with Gasteiger partial charge in [-0.3, -0.25) is 9.59 Å². The Bertz CT molecular complexity index is 729. The Labute approximate surface area is 175 Å². The lowest BCUT2D eigenvalue weighted by molar-refractivity contribution is -0.143. The van der Waals surface area contributed by atoms with Crippen LogP contribution >= 0.6 is 0 Å². The second kappa shape index (κ2) is 9.32. The summed E-state index contributed by atoms with van der Waals surface area (Å²) in [6, 6.07) is 4.69. The molecule has 0 unspecified atom stereocenters. The van der Waals surface area contributed by atoms with Crippen LogP contribution in [0.3, 0.4) is 0 Å². The van der Waals surface area contributed by atoms with Crippen LogP contribution in [0.4, 0.5) is 0 Å². The van der Waals surface area contributed by atoms with Crippen molar-refractivity contribution in [3.63, 3.8) is 0 Å². The van der Waals surface area contributed by atoms with E-state index in [0.717, 1.165) is 83.5 Å². The number of aliphatic carboxylic acids is 1. The number of ether oxygens (including phenoxy) is 1. The number of unbranched alkanes of at least 4 members (excludes halogenated alkanes) is 3. The molecule has 0 heterocycles. The second-order valence-electron chi connectivity index (χ2n) is 9.45. The van der Waals surface area contributed by atoms with Crippen LogP contribution in [-0.4, -0.2) is 23.1 Å². The number of carboxylic acid groups (broad SMARTS) is 1. The molecule has 1 aromatic rings. The minimum atomic E-state index is -0.595. The molecule has 1 N–H and O–H groups in total. The largest absolute Gasteiger partial charge is 0.481 e. The Morgan fingerprint density at radius 1 is 1.00 bits per heavy atom. The molecular formula is C25H36O4. The summed E-state index contributed by atoms with van der Waals surface area (Å²) in [4.78, 5) is 21.8. The highest BCUT2D eigenvalue weighted by Gasteiger charge is 2.49. The second-order valence-corrected chi connectivity index (χ2v) is 9.45. The molecule has 2 aliphatic rings. The van der Waals surface area contributed by atoms with E-state index in [1.54, 1.807) is 0 Å².